The lowest BCUT2D eigenvalue weighted by Crippen LogP contribution is -2.04. The van der Waals surface area contributed by atoms with Crippen LogP contribution < -0.4 is 0 Å². The third-order valence-electron chi connectivity index (χ3n) is 13.6. The zero-order chi connectivity index (χ0) is 41.9. The Morgan fingerprint density at radius 2 is 0.406 bits per heavy atom. The van der Waals surface area contributed by atoms with E-state index in [1.165, 1.54) is 87.2 Å². The first-order chi connectivity index (χ1) is 31.8. The van der Waals surface area contributed by atoms with Crippen LogP contribution in [0.1, 0.15) is 0 Å². The first kappa shape index (κ1) is 35.0. The SMILES string of the molecule is c1ccc(-n2c3ccccc3c3cccc(-n4c5ccccc5c5ccccc54)c32)c(-c2ccccc2-n2c3ccccc3c3cccc(-n4c5ccccc5c5ccccc54)c32)c1. The Morgan fingerprint density at radius 1 is 0.172 bits per heavy atom. The molecule has 0 spiro atoms. The van der Waals surface area contributed by atoms with E-state index in [1.54, 1.807) is 0 Å². The van der Waals surface area contributed by atoms with Gasteiger partial charge < -0.3 is 18.3 Å². The van der Waals surface area contributed by atoms with Crippen molar-refractivity contribution < 1.29 is 0 Å². The van der Waals surface area contributed by atoms with Crippen LogP contribution in [-0.2, 0) is 0 Å². The van der Waals surface area contributed by atoms with Crippen LogP contribution >= 0.6 is 0 Å². The predicted molar refractivity (Wildman–Crippen MR) is 269 cm³/mol. The van der Waals surface area contributed by atoms with E-state index in [4.69, 9.17) is 0 Å². The molecule has 4 nitrogen and oxygen atoms in total. The maximum absolute atomic E-state index is 2.52. The van der Waals surface area contributed by atoms with E-state index in [2.05, 4.69) is 249 Å². The summed E-state index contributed by atoms with van der Waals surface area (Å²) < 4.78 is 9.97. The van der Waals surface area contributed by atoms with E-state index in [-0.39, 0.29) is 0 Å². The molecule has 0 saturated heterocycles. The normalized spacial score (nSPS) is 12.1. The molecule has 0 unspecified atom stereocenters. The molecule has 0 bridgehead atoms. The van der Waals surface area contributed by atoms with Gasteiger partial charge in [0.15, 0.2) is 0 Å². The Kier molecular flexibility index (Phi) is 7.36. The molecule has 4 heterocycles. The highest BCUT2D eigenvalue weighted by molar-refractivity contribution is 6.17. The molecule has 0 aliphatic carbocycles. The van der Waals surface area contributed by atoms with Gasteiger partial charge in [-0.2, -0.15) is 0 Å². The summed E-state index contributed by atoms with van der Waals surface area (Å²) in [6.07, 6.45) is 0. The van der Waals surface area contributed by atoms with Crippen molar-refractivity contribution in [2.75, 3.05) is 0 Å². The van der Waals surface area contributed by atoms with Crippen molar-refractivity contribution >= 4 is 87.2 Å². The number of fused-ring (bicyclic) bond motifs is 12. The third kappa shape index (κ3) is 4.77. The van der Waals surface area contributed by atoms with Gasteiger partial charge >= 0.3 is 0 Å². The zero-order valence-electron chi connectivity index (χ0n) is 34.7. The fourth-order valence-electron chi connectivity index (χ4n) is 11.0. The number of hydrogen-bond acceptors (Lipinski definition) is 0. The smallest absolute Gasteiger partial charge is 0.0782 e. The maximum Gasteiger partial charge on any atom is 0.0782 e. The van der Waals surface area contributed by atoms with Crippen molar-refractivity contribution in [3.8, 4) is 33.9 Å². The standard InChI is InChI=1S/C60H38N4/c1-9-29-49-39(19-1)40-20-2-10-30-50(40)61(49)57-37-17-27-47-45-25-7-15-35-55(45)63(59(47)57)53-33-13-5-23-43(53)44-24-6-14-34-54(44)64-56-36-16-8-26-46(56)48-28-18-38-58(60(48)64)62-51-31-11-3-21-41(51)42-22-4-12-32-52(42)62/h1-38H. The lowest BCUT2D eigenvalue weighted by atomic mass is 10.0. The Morgan fingerprint density at radius 3 is 0.750 bits per heavy atom. The first-order valence-corrected chi connectivity index (χ1v) is 22.0. The molecule has 14 aromatic rings. The average Bonchev–Trinajstić information content (AvgIpc) is 4.09. The summed E-state index contributed by atoms with van der Waals surface area (Å²) in [5.41, 5.74) is 16.3. The van der Waals surface area contributed by atoms with Crippen LogP contribution in [0.4, 0.5) is 0 Å². The van der Waals surface area contributed by atoms with E-state index in [9.17, 15) is 0 Å². The van der Waals surface area contributed by atoms with Crippen LogP contribution in [0, 0.1) is 0 Å². The molecule has 0 aliphatic rings. The number of rotatable bonds is 5. The minimum absolute atomic E-state index is 1.12. The Labute approximate surface area is 368 Å². The van der Waals surface area contributed by atoms with Gasteiger partial charge in [0.05, 0.1) is 66.9 Å². The lowest BCUT2D eigenvalue weighted by Gasteiger charge is -2.20. The Balaban J connectivity index is 1.08. The largest absolute Gasteiger partial charge is 0.307 e. The topological polar surface area (TPSA) is 19.7 Å². The number of para-hydroxylation sites is 10. The van der Waals surface area contributed by atoms with Crippen molar-refractivity contribution in [3.05, 3.63) is 231 Å². The Bertz CT molecular complexity index is 3830. The Hall–Kier alpha value is -8.60. The summed E-state index contributed by atoms with van der Waals surface area (Å²) in [6.45, 7) is 0. The molecule has 0 amide bonds. The van der Waals surface area contributed by atoms with Crippen molar-refractivity contribution in [2.45, 2.75) is 0 Å². The molecule has 0 N–H and O–H groups in total. The summed E-state index contributed by atoms with van der Waals surface area (Å²) >= 11 is 0. The highest BCUT2D eigenvalue weighted by Crippen LogP contribution is 2.45. The third-order valence-corrected chi connectivity index (χ3v) is 13.6. The molecule has 64 heavy (non-hydrogen) atoms. The van der Waals surface area contributed by atoms with Crippen molar-refractivity contribution in [1.82, 2.24) is 18.3 Å². The van der Waals surface area contributed by atoms with E-state index in [1.807, 2.05) is 0 Å². The minimum atomic E-state index is 1.12. The molecule has 14 rings (SSSR count). The first-order valence-electron chi connectivity index (χ1n) is 22.0. The molecule has 10 aromatic carbocycles. The van der Waals surface area contributed by atoms with Crippen molar-refractivity contribution in [3.63, 3.8) is 0 Å². The number of nitrogens with zero attached hydrogens (tertiary/aromatic N) is 4. The minimum Gasteiger partial charge on any atom is -0.307 e. The second-order valence-corrected chi connectivity index (χ2v) is 16.8. The summed E-state index contributed by atoms with van der Waals surface area (Å²) in [4.78, 5) is 0. The number of benzene rings is 10. The predicted octanol–water partition coefficient (Wildman–Crippen LogP) is 15.7. The van der Waals surface area contributed by atoms with Gasteiger partial charge in [0.2, 0.25) is 0 Å². The van der Waals surface area contributed by atoms with Crippen LogP contribution in [0.3, 0.4) is 0 Å². The summed E-state index contributed by atoms with van der Waals surface area (Å²) in [5.74, 6) is 0. The monoisotopic (exact) mass is 814 g/mol. The molecule has 0 atom stereocenters. The van der Waals surface area contributed by atoms with Gasteiger partial charge in [-0.15, -0.1) is 0 Å². The van der Waals surface area contributed by atoms with Gasteiger partial charge in [0, 0.05) is 54.2 Å². The molecule has 298 valence electrons. The molecule has 0 saturated carbocycles. The van der Waals surface area contributed by atoms with Crippen LogP contribution in [-0.4, -0.2) is 18.3 Å². The summed E-state index contributed by atoms with van der Waals surface area (Å²) in [5, 5.41) is 9.88. The molecule has 0 radical (unpaired) electrons. The highest BCUT2D eigenvalue weighted by atomic mass is 15.1. The van der Waals surface area contributed by atoms with E-state index >= 15 is 0 Å². The van der Waals surface area contributed by atoms with Crippen molar-refractivity contribution in [1.29, 1.82) is 0 Å². The zero-order valence-corrected chi connectivity index (χ0v) is 34.7. The number of hydrogen-bond donors (Lipinski definition) is 0. The second-order valence-electron chi connectivity index (χ2n) is 16.8. The van der Waals surface area contributed by atoms with Gasteiger partial charge in [-0.1, -0.05) is 170 Å². The maximum atomic E-state index is 2.52. The summed E-state index contributed by atoms with van der Waals surface area (Å²) in [7, 11) is 0. The molecular weight excluding hydrogens is 777 g/mol. The van der Waals surface area contributed by atoms with Crippen LogP contribution in [0.15, 0.2) is 231 Å². The van der Waals surface area contributed by atoms with Crippen LogP contribution in [0.25, 0.3) is 121 Å². The molecule has 4 heteroatoms. The second kappa shape index (κ2) is 13.4. The molecular formula is C60H38N4. The van der Waals surface area contributed by atoms with E-state index < -0.39 is 0 Å². The lowest BCUT2D eigenvalue weighted by molar-refractivity contribution is 1.12. The van der Waals surface area contributed by atoms with E-state index in [0.717, 1.165) is 33.9 Å². The van der Waals surface area contributed by atoms with Crippen LogP contribution in [0.5, 0.6) is 0 Å². The fraction of sp³-hybridized carbons (Fsp3) is 0. The van der Waals surface area contributed by atoms with Gasteiger partial charge in [-0.3, -0.25) is 0 Å². The van der Waals surface area contributed by atoms with Gasteiger partial charge in [0.1, 0.15) is 0 Å². The van der Waals surface area contributed by atoms with E-state index in [0.29, 0.717) is 0 Å². The van der Waals surface area contributed by atoms with Gasteiger partial charge in [-0.05, 0) is 60.7 Å². The van der Waals surface area contributed by atoms with Gasteiger partial charge in [0.25, 0.3) is 0 Å². The molecule has 4 aromatic heterocycles. The summed E-state index contributed by atoms with van der Waals surface area (Å²) in [6, 6.07) is 84.5. The average molecular weight is 815 g/mol. The molecule has 0 fully saturated rings. The fourth-order valence-corrected chi connectivity index (χ4v) is 11.0. The number of aromatic nitrogens is 4. The van der Waals surface area contributed by atoms with Crippen LogP contribution in [0.2, 0.25) is 0 Å². The molecule has 0 aliphatic heterocycles. The quantitative estimate of drug-likeness (QED) is 0.165. The van der Waals surface area contributed by atoms with Gasteiger partial charge in [-0.25, -0.2) is 0 Å². The van der Waals surface area contributed by atoms with Crippen molar-refractivity contribution in [2.24, 2.45) is 0 Å². The highest BCUT2D eigenvalue weighted by Gasteiger charge is 2.25.